The lowest BCUT2D eigenvalue weighted by atomic mass is 10.5. The van der Waals surface area contributed by atoms with Gasteiger partial charge in [0.25, 0.3) is 0 Å². The van der Waals surface area contributed by atoms with Crippen LogP contribution in [0.1, 0.15) is 12.7 Å². The van der Waals surface area contributed by atoms with E-state index in [-0.39, 0.29) is 0 Å². The highest BCUT2D eigenvalue weighted by Crippen LogP contribution is 2.27. The van der Waals surface area contributed by atoms with Gasteiger partial charge in [-0.05, 0) is 26.1 Å². The van der Waals surface area contributed by atoms with E-state index < -0.39 is 0 Å². The third kappa shape index (κ3) is 1.45. The number of aromatic nitrogens is 3. The largest absolute Gasteiger partial charge is 0.308 e. The topological polar surface area (TPSA) is 30.7 Å². The van der Waals surface area contributed by atoms with Gasteiger partial charge in [-0.2, -0.15) is 0 Å². The third-order valence-electron chi connectivity index (χ3n) is 1.90. The molecule has 0 radical (unpaired) electrons. The second-order valence-electron chi connectivity index (χ2n) is 2.83. The molecule has 0 atom stereocenters. The number of nitrogens with zero attached hydrogens (tertiary/aromatic N) is 3. The Morgan fingerprint density at radius 3 is 2.86 bits per heavy atom. The van der Waals surface area contributed by atoms with Gasteiger partial charge < -0.3 is 4.57 Å². The lowest BCUT2D eigenvalue weighted by Gasteiger charge is -1.99. The second kappa shape index (κ2) is 3.56. The predicted molar refractivity (Wildman–Crippen MR) is 61.7 cm³/mol. The van der Waals surface area contributed by atoms with Crippen LogP contribution in [0.3, 0.4) is 0 Å². The molecule has 6 heteroatoms. The monoisotopic (exact) mass is 245 g/mol. The Morgan fingerprint density at radius 2 is 2.21 bits per heavy atom. The van der Waals surface area contributed by atoms with E-state index in [4.69, 9.17) is 23.8 Å². The molecule has 0 aromatic carbocycles. The Kier molecular flexibility index (Phi) is 2.55. The van der Waals surface area contributed by atoms with Crippen LogP contribution in [0, 0.1) is 10.9 Å². The fourth-order valence-corrected chi connectivity index (χ4v) is 2.96. The SMILES string of the molecule is CCn1c(=S)sc2c(Cl)nc(C)nc21. The van der Waals surface area contributed by atoms with Gasteiger partial charge in [0.1, 0.15) is 10.5 Å². The average molecular weight is 246 g/mol. The van der Waals surface area contributed by atoms with Gasteiger partial charge in [-0.3, -0.25) is 0 Å². The number of hydrogen-bond acceptors (Lipinski definition) is 4. The van der Waals surface area contributed by atoms with Crippen LogP contribution in [0.25, 0.3) is 10.3 Å². The van der Waals surface area contributed by atoms with Crippen LogP contribution in [0.5, 0.6) is 0 Å². The van der Waals surface area contributed by atoms with Crippen LogP contribution in [0.15, 0.2) is 0 Å². The molecule has 0 aliphatic carbocycles. The highest BCUT2D eigenvalue weighted by molar-refractivity contribution is 7.73. The molecule has 2 aromatic rings. The van der Waals surface area contributed by atoms with Crippen molar-refractivity contribution in [3.8, 4) is 0 Å². The minimum Gasteiger partial charge on any atom is -0.308 e. The maximum Gasteiger partial charge on any atom is 0.163 e. The van der Waals surface area contributed by atoms with Crippen molar-refractivity contribution in [1.29, 1.82) is 0 Å². The summed E-state index contributed by atoms with van der Waals surface area (Å²) in [6, 6.07) is 0. The first-order valence-corrected chi connectivity index (χ1v) is 5.77. The van der Waals surface area contributed by atoms with Crippen LogP contribution in [0.4, 0.5) is 0 Å². The standard InChI is InChI=1S/C8H8ClN3S2/c1-3-12-7-5(14-8(12)13)6(9)10-4(2)11-7/h3H2,1-2H3. The Morgan fingerprint density at radius 1 is 1.50 bits per heavy atom. The van der Waals surface area contributed by atoms with E-state index in [1.54, 1.807) is 0 Å². The molecule has 0 amide bonds. The van der Waals surface area contributed by atoms with Gasteiger partial charge >= 0.3 is 0 Å². The quantitative estimate of drug-likeness (QED) is 0.571. The summed E-state index contributed by atoms with van der Waals surface area (Å²) in [6.45, 7) is 4.67. The van der Waals surface area contributed by atoms with Gasteiger partial charge in [-0.15, -0.1) is 0 Å². The Hall–Kier alpha value is -0.520. The molecule has 0 spiro atoms. The van der Waals surface area contributed by atoms with Crippen molar-refractivity contribution >= 4 is 45.5 Å². The molecule has 0 saturated heterocycles. The van der Waals surface area contributed by atoms with Crippen molar-refractivity contribution in [1.82, 2.24) is 14.5 Å². The lowest BCUT2D eigenvalue weighted by Crippen LogP contribution is -1.97. The maximum absolute atomic E-state index is 6.00. The summed E-state index contributed by atoms with van der Waals surface area (Å²) in [5.74, 6) is 0.678. The number of thiazole rings is 1. The van der Waals surface area contributed by atoms with E-state index in [0.29, 0.717) is 11.0 Å². The molecule has 0 aliphatic rings. The molecule has 2 aromatic heterocycles. The van der Waals surface area contributed by atoms with Gasteiger partial charge in [0.05, 0.1) is 0 Å². The third-order valence-corrected chi connectivity index (χ3v) is 3.73. The molecule has 0 aliphatic heterocycles. The second-order valence-corrected chi connectivity index (χ2v) is 4.83. The summed E-state index contributed by atoms with van der Waals surface area (Å²) in [7, 11) is 0. The molecular formula is C8H8ClN3S2. The molecule has 74 valence electrons. The fraction of sp³-hybridized carbons (Fsp3) is 0.375. The average Bonchev–Trinajstić information content (AvgIpc) is 2.41. The number of hydrogen-bond donors (Lipinski definition) is 0. The minimum absolute atomic E-state index is 0.496. The van der Waals surface area contributed by atoms with Crippen molar-refractivity contribution in [2.24, 2.45) is 0 Å². The van der Waals surface area contributed by atoms with Crippen LogP contribution in [-0.4, -0.2) is 14.5 Å². The summed E-state index contributed by atoms with van der Waals surface area (Å²) in [5, 5.41) is 0.496. The fourth-order valence-electron chi connectivity index (χ4n) is 1.29. The number of aryl methyl sites for hydroxylation is 2. The molecule has 0 N–H and O–H groups in total. The van der Waals surface area contributed by atoms with Crippen molar-refractivity contribution < 1.29 is 0 Å². The van der Waals surface area contributed by atoms with Crippen molar-refractivity contribution in [2.45, 2.75) is 20.4 Å². The zero-order valence-corrected chi connectivity index (χ0v) is 10.1. The van der Waals surface area contributed by atoms with Crippen molar-refractivity contribution in [2.75, 3.05) is 0 Å². The highest BCUT2D eigenvalue weighted by Gasteiger charge is 2.10. The predicted octanol–water partition coefficient (Wildman–Crippen LogP) is 3.20. The van der Waals surface area contributed by atoms with Crippen LogP contribution in [-0.2, 0) is 6.54 Å². The van der Waals surface area contributed by atoms with Gasteiger partial charge in [-0.1, -0.05) is 22.9 Å². The maximum atomic E-state index is 6.00. The van der Waals surface area contributed by atoms with E-state index in [2.05, 4.69) is 9.97 Å². The van der Waals surface area contributed by atoms with Gasteiger partial charge in [0, 0.05) is 6.54 Å². The van der Waals surface area contributed by atoms with Gasteiger partial charge in [-0.25, -0.2) is 9.97 Å². The molecule has 0 bridgehead atoms. The zero-order chi connectivity index (χ0) is 10.3. The smallest absolute Gasteiger partial charge is 0.163 e. The Bertz CT molecular complexity index is 543. The summed E-state index contributed by atoms with van der Waals surface area (Å²) in [6.07, 6.45) is 0. The van der Waals surface area contributed by atoms with Crippen molar-refractivity contribution in [3.05, 3.63) is 14.9 Å². The van der Waals surface area contributed by atoms with E-state index in [1.807, 2.05) is 18.4 Å². The molecule has 2 rings (SSSR count). The summed E-state index contributed by atoms with van der Waals surface area (Å²) in [4.78, 5) is 8.43. The van der Waals surface area contributed by atoms with E-state index >= 15 is 0 Å². The van der Waals surface area contributed by atoms with Crippen LogP contribution >= 0.6 is 35.2 Å². The number of rotatable bonds is 1. The van der Waals surface area contributed by atoms with Gasteiger partial charge in [0.15, 0.2) is 14.8 Å². The molecular weight excluding hydrogens is 238 g/mol. The molecule has 3 nitrogen and oxygen atoms in total. The first-order valence-electron chi connectivity index (χ1n) is 4.17. The summed E-state index contributed by atoms with van der Waals surface area (Å²) in [5.41, 5.74) is 0.847. The normalized spacial score (nSPS) is 11.1. The highest BCUT2D eigenvalue weighted by atomic mass is 35.5. The molecule has 2 heterocycles. The molecule has 0 fully saturated rings. The van der Waals surface area contributed by atoms with Gasteiger partial charge in [0.2, 0.25) is 0 Å². The Labute approximate surface area is 95.4 Å². The number of fused-ring (bicyclic) bond motifs is 1. The lowest BCUT2D eigenvalue weighted by molar-refractivity contribution is 0.779. The minimum atomic E-state index is 0.496. The Balaban J connectivity index is 2.95. The number of halogens is 1. The van der Waals surface area contributed by atoms with E-state index in [9.17, 15) is 0 Å². The first-order chi connectivity index (χ1) is 6.63. The van der Waals surface area contributed by atoms with E-state index in [0.717, 1.165) is 20.8 Å². The van der Waals surface area contributed by atoms with Crippen molar-refractivity contribution in [3.63, 3.8) is 0 Å². The van der Waals surface area contributed by atoms with Crippen LogP contribution in [0.2, 0.25) is 5.15 Å². The van der Waals surface area contributed by atoms with Crippen LogP contribution < -0.4 is 0 Å². The molecule has 14 heavy (non-hydrogen) atoms. The molecule has 0 unspecified atom stereocenters. The molecule has 0 saturated carbocycles. The summed E-state index contributed by atoms with van der Waals surface area (Å²) < 4.78 is 3.64. The zero-order valence-electron chi connectivity index (χ0n) is 7.74. The first kappa shape index (κ1) is 10.0. The van der Waals surface area contributed by atoms with E-state index in [1.165, 1.54) is 11.3 Å². The summed E-state index contributed by atoms with van der Waals surface area (Å²) >= 11 is 12.7.